The van der Waals surface area contributed by atoms with E-state index in [1.54, 1.807) is 0 Å². The molecule has 1 aliphatic carbocycles. The molecule has 1 amide bonds. The summed E-state index contributed by atoms with van der Waals surface area (Å²) in [5.74, 6) is -0.0860. The largest absolute Gasteiger partial charge is 0.342 e. The Morgan fingerprint density at radius 3 is 2.71 bits per heavy atom. The van der Waals surface area contributed by atoms with Crippen LogP contribution in [0.25, 0.3) is 0 Å². The Hall–Kier alpha value is -1.08. The van der Waals surface area contributed by atoms with Gasteiger partial charge in [0.05, 0.1) is 12.6 Å². The fourth-order valence-corrected chi connectivity index (χ4v) is 1.74. The Morgan fingerprint density at radius 2 is 2.07 bits per heavy atom. The summed E-state index contributed by atoms with van der Waals surface area (Å²) in [5, 5.41) is 14.0. The van der Waals surface area contributed by atoms with Gasteiger partial charge in [-0.05, 0) is 12.8 Å². The Balaban J connectivity index is 2.07. The number of carbonyl (C=O) groups is 1. The SMILES string of the molecule is N#CCNC(=O)CNC1CCCCC1. The lowest BCUT2D eigenvalue weighted by atomic mass is 9.95. The first-order valence-corrected chi connectivity index (χ1v) is 5.20. The lowest BCUT2D eigenvalue weighted by molar-refractivity contribution is -0.120. The molecule has 0 bridgehead atoms. The fourth-order valence-electron chi connectivity index (χ4n) is 1.74. The average Bonchev–Trinajstić information content (AvgIpc) is 2.25. The van der Waals surface area contributed by atoms with Gasteiger partial charge in [-0.3, -0.25) is 4.79 Å². The van der Waals surface area contributed by atoms with Crippen LogP contribution in [0, 0.1) is 11.3 Å². The van der Waals surface area contributed by atoms with Crippen LogP contribution in [-0.2, 0) is 4.79 Å². The number of rotatable bonds is 4. The molecule has 0 atom stereocenters. The topological polar surface area (TPSA) is 64.9 Å². The van der Waals surface area contributed by atoms with E-state index in [2.05, 4.69) is 10.6 Å². The van der Waals surface area contributed by atoms with E-state index in [-0.39, 0.29) is 12.5 Å². The molecule has 1 aliphatic rings. The molecule has 78 valence electrons. The van der Waals surface area contributed by atoms with Crippen molar-refractivity contribution in [1.29, 1.82) is 5.26 Å². The average molecular weight is 195 g/mol. The highest BCUT2D eigenvalue weighted by Gasteiger charge is 2.13. The minimum atomic E-state index is -0.0860. The summed E-state index contributed by atoms with van der Waals surface area (Å²) < 4.78 is 0. The van der Waals surface area contributed by atoms with Gasteiger partial charge in [0.25, 0.3) is 0 Å². The van der Waals surface area contributed by atoms with Gasteiger partial charge in [0.2, 0.25) is 5.91 Å². The zero-order chi connectivity index (χ0) is 10.2. The second kappa shape index (κ2) is 6.39. The minimum Gasteiger partial charge on any atom is -0.342 e. The normalized spacial score (nSPS) is 17.4. The molecule has 0 heterocycles. The summed E-state index contributed by atoms with van der Waals surface area (Å²) in [6.45, 7) is 0.442. The van der Waals surface area contributed by atoms with Crippen molar-refractivity contribution in [3.63, 3.8) is 0 Å². The van der Waals surface area contributed by atoms with Crippen LogP contribution in [0.3, 0.4) is 0 Å². The molecule has 0 aliphatic heterocycles. The van der Waals surface area contributed by atoms with Gasteiger partial charge in [-0.15, -0.1) is 0 Å². The number of hydrogen-bond donors (Lipinski definition) is 2. The van der Waals surface area contributed by atoms with E-state index in [0.717, 1.165) is 0 Å². The number of nitrogens with zero attached hydrogens (tertiary/aromatic N) is 1. The third kappa shape index (κ3) is 4.24. The first kappa shape index (κ1) is 11.0. The molecule has 2 N–H and O–H groups in total. The third-order valence-electron chi connectivity index (χ3n) is 2.52. The van der Waals surface area contributed by atoms with E-state index in [9.17, 15) is 4.79 Å². The Morgan fingerprint density at radius 1 is 1.36 bits per heavy atom. The fraction of sp³-hybridized carbons (Fsp3) is 0.800. The van der Waals surface area contributed by atoms with Crippen LogP contribution in [0.15, 0.2) is 0 Å². The van der Waals surface area contributed by atoms with Gasteiger partial charge >= 0.3 is 0 Å². The number of hydrogen-bond acceptors (Lipinski definition) is 3. The van der Waals surface area contributed by atoms with Crippen molar-refractivity contribution >= 4 is 5.91 Å². The molecule has 1 saturated carbocycles. The minimum absolute atomic E-state index is 0.0860. The molecule has 0 saturated heterocycles. The summed E-state index contributed by atoms with van der Waals surface area (Å²) >= 11 is 0. The number of carbonyl (C=O) groups excluding carboxylic acids is 1. The van der Waals surface area contributed by atoms with E-state index in [4.69, 9.17) is 5.26 Å². The van der Waals surface area contributed by atoms with E-state index in [0.29, 0.717) is 12.6 Å². The first-order chi connectivity index (χ1) is 6.83. The molecule has 14 heavy (non-hydrogen) atoms. The predicted octanol–water partition coefficient (Wildman–Crippen LogP) is 0.548. The van der Waals surface area contributed by atoms with Gasteiger partial charge in [-0.2, -0.15) is 5.26 Å². The van der Waals surface area contributed by atoms with Gasteiger partial charge in [0.1, 0.15) is 6.54 Å². The van der Waals surface area contributed by atoms with E-state index >= 15 is 0 Å². The van der Waals surface area contributed by atoms with Gasteiger partial charge in [-0.25, -0.2) is 0 Å². The second-order valence-corrected chi connectivity index (χ2v) is 3.65. The van der Waals surface area contributed by atoms with Crippen LogP contribution in [0.5, 0.6) is 0 Å². The summed E-state index contributed by atoms with van der Waals surface area (Å²) in [6.07, 6.45) is 6.19. The zero-order valence-corrected chi connectivity index (χ0v) is 8.38. The molecule has 0 aromatic rings. The van der Waals surface area contributed by atoms with Crippen LogP contribution in [0.1, 0.15) is 32.1 Å². The molecule has 4 heteroatoms. The van der Waals surface area contributed by atoms with Gasteiger partial charge in [0.15, 0.2) is 0 Å². The maximum Gasteiger partial charge on any atom is 0.234 e. The molecule has 0 spiro atoms. The van der Waals surface area contributed by atoms with Crippen molar-refractivity contribution < 1.29 is 4.79 Å². The van der Waals surface area contributed by atoms with Crippen molar-refractivity contribution in [2.75, 3.05) is 13.1 Å². The van der Waals surface area contributed by atoms with E-state index < -0.39 is 0 Å². The summed E-state index contributed by atoms with van der Waals surface area (Å²) in [4.78, 5) is 11.1. The molecule has 0 aromatic carbocycles. The predicted molar refractivity (Wildman–Crippen MR) is 53.5 cm³/mol. The molecular formula is C10H17N3O. The second-order valence-electron chi connectivity index (χ2n) is 3.65. The van der Waals surface area contributed by atoms with Crippen molar-refractivity contribution in [3.05, 3.63) is 0 Å². The Bertz CT molecular complexity index is 216. The number of nitrogens with one attached hydrogen (secondary N) is 2. The lowest BCUT2D eigenvalue weighted by Gasteiger charge is -2.22. The molecule has 0 aromatic heterocycles. The van der Waals surface area contributed by atoms with Gasteiger partial charge < -0.3 is 10.6 Å². The quantitative estimate of drug-likeness (QED) is 0.644. The third-order valence-corrected chi connectivity index (χ3v) is 2.52. The van der Waals surface area contributed by atoms with E-state index in [1.807, 2.05) is 6.07 Å². The molecule has 4 nitrogen and oxygen atoms in total. The lowest BCUT2D eigenvalue weighted by Crippen LogP contribution is -2.40. The zero-order valence-electron chi connectivity index (χ0n) is 8.38. The van der Waals surface area contributed by atoms with Crippen molar-refractivity contribution in [2.45, 2.75) is 38.1 Å². The molecule has 0 radical (unpaired) electrons. The summed E-state index contributed by atoms with van der Waals surface area (Å²) in [7, 11) is 0. The highest BCUT2D eigenvalue weighted by molar-refractivity contribution is 5.78. The van der Waals surface area contributed by atoms with Crippen LogP contribution >= 0.6 is 0 Å². The molecule has 0 unspecified atom stereocenters. The Kier molecular flexibility index (Phi) is 5.02. The maximum atomic E-state index is 11.1. The molecular weight excluding hydrogens is 178 g/mol. The maximum absolute atomic E-state index is 11.1. The van der Waals surface area contributed by atoms with Crippen LogP contribution in [-0.4, -0.2) is 25.0 Å². The van der Waals surface area contributed by atoms with E-state index in [1.165, 1.54) is 32.1 Å². The number of nitriles is 1. The van der Waals surface area contributed by atoms with Crippen LogP contribution < -0.4 is 10.6 Å². The van der Waals surface area contributed by atoms with Crippen molar-refractivity contribution in [1.82, 2.24) is 10.6 Å². The monoisotopic (exact) mass is 195 g/mol. The smallest absolute Gasteiger partial charge is 0.234 e. The highest BCUT2D eigenvalue weighted by Crippen LogP contribution is 2.16. The van der Waals surface area contributed by atoms with Gasteiger partial charge in [-0.1, -0.05) is 19.3 Å². The molecule has 1 fully saturated rings. The van der Waals surface area contributed by atoms with Gasteiger partial charge in [0, 0.05) is 6.04 Å². The van der Waals surface area contributed by atoms with Crippen LogP contribution in [0.4, 0.5) is 0 Å². The Labute approximate surface area is 84.7 Å². The standard InChI is InChI=1S/C10H17N3O/c11-6-7-12-10(14)8-13-9-4-2-1-3-5-9/h9,13H,1-5,7-8H2,(H,12,14). The summed E-state index contributed by atoms with van der Waals surface area (Å²) in [5.41, 5.74) is 0. The van der Waals surface area contributed by atoms with Crippen molar-refractivity contribution in [2.24, 2.45) is 0 Å². The van der Waals surface area contributed by atoms with Crippen LogP contribution in [0.2, 0.25) is 0 Å². The summed E-state index contributed by atoms with van der Waals surface area (Å²) in [6, 6.07) is 2.37. The van der Waals surface area contributed by atoms with Crippen molar-refractivity contribution in [3.8, 4) is 6.07 Å². The highest BCUT2D eigenvalue weighted by atomic mass is 16.1. The molecule has 1 rings (SSSR count). The number of amides is 1. The first-order valence-electron chi connectivity index (χ1n) is 5.20.